The smallest absolute Gasteiger partial charge is 0.337 e. The van der Waals surface area contributed by atoms with E-state index in [1.165, 1.54) is 6.20 Å². The number of carboxylic acid groups (broad SMARTS) is 1. The summed E-state index contributed by atoms with van der Waals surface area (Å²) in [5, 5.41) is 14.3. The molecule has 2 aromatic rings. The van der Waals surface area contributed by atoms with Gasteiger partial charge in [0.05, 0.1) is 21.7 Å². The molecule has 1 aromatic carbocycles. The highest BCUT2D eigenvalue weighted by Gasteiger charge is 2.22. The Kier molecular flexibility index (Phi) is 3.88. The van der Waals surface area contributed by atoms with E-state index in [-0.39, 0.29) is 5.82 Å². The summed E-state index contributed by atoms with van der Waals surface area (Å²) in [4.78, 5) is 10.4. The molecular formula is C11H9ClFN3O4S. The predicted molar refractivity (Wildman–Crippen MR) is 72.5 cm³/mol. The molecule has 2 rings (SSSR count). The number of sulfonamides is 1. The molecule has 0 fully saturated rings. The summed E-state index contributed by atoms with van der Waals surface area (Å²) in [7, 11) is -4.18. The van der Waals surface area contributed by atoms with Gasteiger partial charge in [0.2, 0.25) is 0 Å². The third-order valence-electron chi connectivity index (χ3n) is 2.61. The highest BCUT2D eigenvalue weighted by molar-refractivity contribution is 7.92. The van der Waals surface area contributed by atoms with Gasteiger partial charge in [-0.2, -0.15) is 5.10 Å². The van der Waals surface area contributed by atoms with Gasteiger partial charge in [0.1, 0.15) is 11.6 Å². The van der Waals surface area contributed by atoms with Crippen LogP contribution in [-0.2, 0) is 10.0 Å². The Morgan fingerprint density at radius 3 is 2.67 bits per heavy atom. The molecule has 1 heterocycles. The topological polar surface area (TPSA) is 112 Å². The number of nitrogens with zero attached hydrogens (tertiary/aromatic N) is 1. The van der Waals surface area contributed by atoms with Gasteiger partial charge in [-0.1, -0.05) is 11.6 Å². The van der Waals surface area contributed by atoms with Gasteiger partial charge in [-0.15, -0.1) is 0 Å². The first-order chi connectivity index (χ1) is 9.72. The number of halogens is 2. The fourth-order valence-electron chi connectivity index (χ4n) is 1.52. The van der Waals surface area contributed by atoms with Crippen molar-refractivity contribution in [3.63, 3.8) is 0 Å². The molecule has 0 aliphatic rings. The van der Waals surface area contributed by atoms with E-state index in [1.807, 2.05) is 0 Å². The Morgan fingerprint density at radius 2 is 2.14 bits per heavy atom. The number of H-pyrrole nitrogens is 1. The van der Waals surface area contributed by atoms with Gasteiger partial charge in [0.25, 0.3) is 10.0 Å². The van der Waals surface area contributed by atoms with Crippen molar-refractivity contribution >= 4 is 33.4 Å². The first-order valence-electron chi connectivity index (χ1n) is 5.47. The lowest BCUT2D eigenvalue weighted by Gasteiger charge is -2.09. The van der Waals surface area contributed by atoms with E-state index in [1.54, 1.807) is 6.92 Å². The maximum Gasteiger partial charge on any atom is 0.337 e. The quantitative estimate of drug-likeness (QED) is 0.792. The average molecular weight is 334 g/mol. The second kappa shape index (κ2) is 5.34. The average Bonchev–Trinajstić information content (AvgIpc) is 2.77. The van der Waals surface area contributed by atoms with Gasteiger partial charge >= 0.3 is 5.97 Å². The Balaban J connectivity index is 2.50. The van der Waals surface area contributed by atoms with Crippen molar-refractivity contribution < 1.29 is 22.7 Å². The second-order valence-corrected chi connectivity index (χ2v) is 6.17. The summed E-state index contributed by atoms with van der Waals surface area (Å²) in [6.45, 7) is 1.60. The number of carboxylic acids is 1. The van der Waals surface area contributed by atoms with Gasteiger partial charge in [0, 0.05) is 5.56 Å². The number of carbonyl (C=O) groups is 1. The zero-order chi connectivity index (χ0) is 15.8. The van der Waals surface area contributed by atoms with Crippen LogP contribution in [0.5, 0.6) is 0 Å². The number of benzene rings is 1. The zero-order valence-corrected chi connectivity index (χ0v) is 12.1. The van der Waals surface area contributed by atoms with Crippen LogP contribution in [0.2, 0.25) is 5.02 Å². The standard InChI is InChI=1S/C11H9ClFN3O4S/c1-5-4-14-15-10(5)16-21(19,20)6-2-7(11(17)18)9(12)8(13)3-6/h2-4H,1H3,(H,17,18)(H2,14,15,16). The van der Waals surface area contributed by atoms with Crippen molar-refractivity contribution in [3.05, 3.63) is 40.3 Å². The molecule has 1 aromatic heterocycles. The molecule has 0 saturated heterocycles. The molecule has 0 radical (unpaired) electrons. The second-order valence-electron chi connectivity index (χ2n) is 4.11. The van der Waals surface area contributed by atoms with Crippen LogP contribution >= 0.6 is 11.6 Å². The van der Waals surface area contributed by atoms with Gasteiger partial charge in [-0.05, 0) is 19.1 Å². The van der Waals surface area contributed by atoms with E-state index < -0.39 is 37.3 Å². The minimum atomic E-state index is -4.18. The number of aromatic carboxylic acids is 1. The normalized spacial score (nSPS) is 11.4. The summed E-state index contributed by atoms with van der Waals surface area (Å²) >= 11 is 5.49. The van der Waals surface area contributed by atoms with Crippen LogP contribution in [0.4, 0.5) is 10.2 Å². The Labute approximate surface area is 123 Å². The number of anilines is 1. The Hall–Kier alpha value is -2.13. The van der Waals surface area contributed by atoms with Crippen molar-refractivity contribution in [1.82, 2.24) is 10.2 Å². The number of hydrogen-bond donors (Lipinski definition) is 3. The fraction of sp³-hybridized carbons (Fsp3) is 0.0909. The fourth-order valence-corrected chi connectivity index (χ4v) is 2.83. The van der Waals surface area contributed by atoms with Gasteiger partial charge < -0.3 is 5.11 Å². The van der Waals surface area contributed by atoms with Gasteiger partial charge in [0.15, 0.2) is 0 Å². The van der Waals surface area contributed by atoms with Crippen LogP contribution in [-0.4, -0.2) is 29.7 Å². The molecule has 0 unspecified atom stereocenters. The highest BCUT2D eigenvalue weighted by atomic mass is 35.5. The number of aromatic nitrogens is 2. The SMILES string of the molecule is Cc1cn[nH]c1NS(=O)(=O)c1cc(F)c(Cl)c(C(=O)O)c1. The maximum absolute atomic E-state index is 13.6. The molecule has 0 saturated carbocycles. The van der Waals surface area contributed by atoms with Crippen molar-refractivity contribution in [2.75, 3.05) is 4.72 Å². The summed E-state index contributed by atoms with van der Waals surface area (Å²) in [5.41, 5.74) is -0.121. The van der Waals surface area contributed by atoms with E-state index in [9.17, 15) is 17.6 Å². The molecule has 21 heavy (non-hydrogen) atoms. The monoisotopic (exact) mass is 333 g/mol. The Morgan fingerprint density at radius 1 is 1.48 bits per heavy atom. The predicted octanol–water partition coefficient (Wildman–Crippen LogP) is 2.01. The third-order valence-corrected chi connectivity index (χ3v) is 4.32. The molecular weight excluding hydrogens is 325 g/mol. The molecule has 3 N–H and O–H groups in total. The summed E-state index contributed by atoms with van der Waals surface area (Å²) < 4.78 is 40.0. The van der Waals surface area contributed by atoms with E-state index in [4.69, 9.17) is 16.7 Å². The van der Waals surface area contributed by atoms with E-state index in [2.05, 4.69) is 14.9 Å². The van der Waals surface area contributed by atoms with E-state index in [0.29, 0.717) is 11.6 Å². The molecule has 0 atom stereocenters. The minimum absolute atomic E-state index is 0.0993. The highest BCUT2D eigenvalue weighted by Crippen LogP contribution is 2.26. The third kappa shape index (κ3) is 2.98. The first-order valence-corrected chi connectivity index (χ1v) is 7.33. The number of nitrogens with one attached hydrogen (secondary N) is 2. The molecule has 0 spiro atoms. The van der Waals surface area contributed by atoms with Crippen LogP contribution < -0.4 is 4.72 Å². The van der Waals surface area contributed by atoms with Crippen LogP contribution in [0.25, 0.3) is 0 Å². The van der Waals surface area contributed by atoms with E-state index >= 15 is 0 Å². The molecule has 0 aliphatic heterocycles. The van der Waals surface area contributed by atoms with Crippen molar-refractivity contribution in [1.29, 1.82) is 0 Å². The lowest BCUT2D eigenvalue weighted by atomic mass is 10.2. The summed E-state index contributed by atoms with van der Waals surface area (Å²) in [5.74, 6) is -2.57. The van der Waals surface area contributed by atoms with Crippen molar-refractivity contribution in [3.8, 4) is 0 Å². The Bertz CT molecular complexity index is 819. The molecule has 0 bridgehead atoms. The number of aromatic amines is 1. The molecule has 10 heteroatoms. The largest absolute Gasteiger partial charge is 0.478 e. The van der Waals surface area contributed by atoms with Gasteiger partial charge in [-0.3, -0.25) is 9.82 Å². The zero-order valence-electron chi connectivity index (χ0n) is 10.5. The van der Waals surface area contributed by atoms with Crippen LogP contribution in [0.15, 0.2) is 23.2 Å². The van der Waals surface area contributed by atoms with Gasteiger partial charge in [-0.25, -0.2) is 17.6 Å². The number of rotatable bonds is 4. The minimum Gasteiger partial charge on any atom is -0.478 e. The summed E-state index contributed by atoms with van der Waals surface area (Å²) in [6.07, 6.45) is 1.39. The van der Waals surface area contributed by atoms with Crippen LogP contribution in [0, 0.1) is 12.7 Å². The van der Waals surface area contributed by atoms with Crippen LogP contribution in [0.3, 0.4) is 0 Å². The molecule has 7 nitrogen and oxygen atoms in total. The maximum atomic E-state index is 13.6. The summed E-state index contributed by atoms with van der Waals surface area (Å²) in [6, 6.07) is 1.42. The van der Waals surface area contributed by atoms with Crippen molar-refractivity contribution in [2.45, 2.75) is 11.8 Å². The number of hydrogen-bond acceptors (Lipinski definition) is 4. The van der Waals surface area contributed by atoms with Crippen LogP contribution in [0.1, 0.15) is 15.9 Å². The molecule has 0 aliphatic carbocycles. The first kappa shape index (κ1) is 15.3. The molecule has 0 amide bonds. The number of aryl methyl sites for hydroxylation is 1. The molecule has 112 valence electrons. The van der Waals surface area contributed by atoms with Crippen molar-refractivity contribution in [2.24, 2.45) is 0 Å². The van der Waals surface area contributed by atoms with E-state index in [0.717, 1.165) is 6.07 Å². The lowest BCUT2D eigenvalue weighted by molar-refractivity contribution is 0.0696. The lowest BCUT2D eigenvalue weighted by Crippen LogP contribution is -2.15.